The van der Waals surface area contributed by atoms with Crippen LogP contribution in [0.2, 0.25) is 0 Å². The number of carbonyl (C=O) groups is 1. The lowest BCUT2D eigenvalue weighted by molar-refractivity contribution is 0.102. The van der Waals surface area contributed by atoms with Crippen molar-refractivity contribution < 1.29 is 19.4 Å². The number of aryl methyl sites for hydroxylation is 1. The zero-order valence-electron chi connectivity index (χ0n) is 18.9. The molecule has 2 N–H and O–H groups in total. The molecule has 35 heavy (non-hydrogen) atoms. The minimum absolute atomic E-state index is 0.0916. The average molecular weight is 485 g/mol. The number of amides is 1. The van der Waals surface area contributed by atoms with Gasteiger partial charge >= 0.3 is 0 Å². The molecule has 0 spiro atoms. The van der Waals surface area contributed by atoms with Crippen LogP contribution in [0.1, 0.15) is 16.1 Å². The Morgan fingerprint density at radius 2 is 1.86 bits per heavy atom. The number of thiophene rings is 1. The van der Waals surface area contributed by atoms with E-state index in [2.05, 4.69) is 20.3 Å². The summed E-state index contributed by atoms with van der Waals surface area (Å²) in [6.45, 7) is 1.80. The second kappa shape index (κ2) is 9.40. The zero-order valence-corrected chi connectivity index (χ0v) is 19.7. The topological polar surface area (TPSA) is 106 Å². The van der Waals surface area contributed by atoms with Crippen molar-refractivity contribution >= 4 is 34.0 Å². The first-order chi connectivity index (χ1) is 17.0. The van der Waals surface area contributed by atoms with Gasteiger partial charge in [0.05, 0.1) is 24.4 Å². The van der Waals surface area contributed by atoms with Gasteiger partial charge in [-0.3, -0.25) is 14.8 Å². The number of ether oxygens (including phenoxy) is 2. The van der Waals surface area contributed by atoms with Crippen LogP contribution in [-0.4, -0.2) is 33.1 Å². The summed E-state index contributed by atoms with van der Waals surface area (Å²) in [5.74, 6) is 1.17. The highest BCUT2D eigenvalue weighted by molar-refractivity contribution is 7.13. The quantitative estimate of drug-likeness (QED) is 0.313. The Hall–Kier alpha value is -4.50. The third-order valence-corrected chi connectivity index (χ3v) is 6.23. The van der Waals surface area contributed by atoms with E-state index in [1.165, 1.54) is 17.5 Å². The van der Waals surface area contributed by atoms with Crippen LogP contribution in [0.25, 0.3) is 21.5 Å². The third-order valence-electron chi connectivity index (χ3n) is 5.34. The van der Waals surface area contributed by atoms with Crippen LogP contribution >= 0.6 is 11.3 Å². The van der Waals surface area contributed by atoms with Crippen LogP contribution in [0.15, 0.2) is 72.5 Å². The van der Waals surface area contributed by atoms with Crippen molar-refractivity contribution in [1.82, 2.24) is 15.0 Å². The Balaban J connectivity index is 1.34. The molecule has 0 aliphatic carbocycles. The number of hydrogen-bond acceptors (Lipinski definition) is 8. The fourth-order valence-electron chi connectivity index (χ4n) is 3.59. The number of methoxy groups -OCH3 is 1. The molecule has 1 amide bonds. The van der Waals surface area contributed by atoms with Gasteiger partial charge in [-0.1, -0.05) is 6.07 Å². The molecule has 174 valence electrons. The minimum atomic E-state index is -0.459. The van der Waals surface area contributed by atoms with Crippen molar-refractivity contribution in [2.45, 2.75) is 6.92 Å². The molecule has 5 aromatic rings. The lowest BCUT2D eigenvalue weighted by Crippen LogP contribution is -2.13. The first kappa shape index (κ1) is 22.3. The molecular weight excluding hydrogens is 464 g/mol. The molecule has 9 heteroatoms. The van der Waals surface area contributed by atoms with Gasteiger partial charge in [-0.2, -0.15) is 0 Å². The summed E-state index contributed by atoms with van der Waals surface area (Å²) in [5, 5.41) is 15.5. The predicted octanol–water partition coefficient (Wildman–Crippen LogP) is 5.82. The van der Waals surface area contributed by atoms with E-state index < -0.39 is 5.91 Å². The van der Waals surface area contributed by atoms with Gasteiger partial charge in [0, 0.05) is 40.8 Å². The first-order valence-electron chi connectivity index (χ1n) is 10.6. The monoisotopic (exact) mass is 484 g/mol. The lowest BCUT2D eigenvalue weighted by Gasteiger charge is -2.12. The van der Waals surface area contributed by atoms with Gasteiger partial charge in [0.1, 0.15) is 28.3 Å². The summed E-state index contributed by atoms with van der Waals surface area (Å²) in [7, 11) is 1.57. The molecule has 0 radical (unpaired) electrons. The standard InChI is InChI=1S/C26H20N4O4S/c1-15-23(22-4-3-11-35-22)25(31)19(14-28-15)26(32)30-16-5-7-17(8-6-16)34-21-9-10-27-20-12-18(33-2)13-29-24(20)21/h3-14H,1-2H3,(H,28,31)(H,30,32). The van der Waals surface area contributed by atoms with Gasteiger partial charge in [-0.25, -0.2) is 4.98 Å². The molecule has 5 rings (SSSR count). The van der Waals surface area contributed by atoms with E-state index in [0.29, 0.717) is 45.2 Å². The van der Waals surface area contributed by atoms with Crippen LogP contribution in [0.4, 0.5) is 5.69 Å². The van der Waals surface area contributed by atoms with Crippen LogP contribution < -0.4 is 14.8 Å². The fraction of sp³-hybridized carbons (Fsp3) is 0.0769. The molecule has 0 unspecified atom stereocenters. The smallest absolute Gasteiger partial charge is 0.261 e. The number of hydrogen-bond donors (Lipinski definition) is 2. The molecule has 4 heterocycles. The summed E-state index contributed by atoms with van der Waals surface area (Å²) < 4.78 is 11.2. The highest BCUT2D eigenvalue weighted by atomic mass is 32.1. The van der Waals surface area contributed by atoms with E-state index in [1.54, 1.807) is 62.8 Å². The van der Waals surface area contributed by atoms with Gasteiger partial charge in [0.25, 0.3) is 5.91 Å². The fourth-order valence-corrected chi connectivity index (χ4v) is 4.41. The molecule has 8 nitrogen and oxygen atoms in total. The number of benzene rings is 1. The summed E-state index contributed by atoms with van der Waals surface area (Å²) >= 11 is 1.47. The zero-order chi connectivity index (χ0) is 24.4. The maximum Gasteiger partial charge on any atom is 0.261 e. The molecule has 0 atom stereocenters. The summed E-state index contributed by atoms with van der Waals surface area (Å²) in [6.07, 6.45) is 4.62. The number of nitrogens with one attached hydrogen (secondary N) is 1. The summed E-state index contributed by atoms with van der Waals surface area (Å²) in [6, 6.07) is 14.2. The molecule has 0 aliphatic heterocycles. The van der Waals surface area contributed by atoms with Crippen molar-refractivity contribution in [1.29, 1.82) is 0 Å². The molecule has 0 aliphatic rings. The SMILES string of the molecule is COc1cnc2c(Oc3ccc(NC(=O)c4cnc(C)c(-c5cccs5)c4O)cc3)ccnc2c1. The Kier molecular flexibility index (Phi) is 5.99. The van der Waals surface area contributed by atoms with Gasteiger partial charge in [0.2, 0.25) is 0 Å². The number of aromatic hydroxyl groups is 1. The first-order valence-corrected chi connectivity index (χ1v) is 11.5. The number of fused-ring (bicyclic) bond motifs is 1. The van der Waals surface area contributed by atoms with E-state index in [1.807, 2.05) is 17.5 Å². The minimum Gasteiger partial charge on any atom is -0.506 e. The average Bonchev–Trinajstić information content (AvgIpc) is 3.39. The highest BCUT2D eigenvalue weighted by Gasteiger charge is 2.19. The van der Waals surface area contributed by atoms with Crippen LogP contribution in [0, 0.1) is 6.92 Å². The van der Waals surface area contributed by atoms with E-state index in [0.717, 1.165) is 4.88 Å². The number of rotatable bonds is 6. The second-order valence-electron chi connectivity index (χ2n) is 7.59. The van der Waals surface area contributed by atoms with Crippen LogP contribution in [0.5, 0.6) is 23.0 Å². The van der Waals surface area contributed by atoms with Crippen molar-refractivity contribution in [3.8, 4) is 33.4 Å². The number of anilines is 1. The maximum absolute atomic E-state index is 12.9. The summed E-state index contributed by atoms with van der Waals surface area (Å²) in [4.78, 5) is 26.7. The highest BCUT2D eigenvalue weighted by Crippen LogP contribution is 2.37. The van der Waals surface area contributed by atoms with Crippen molar-refractivity contribution in [2.24, 2.45) is 0 Å². The number of carbonyl (C=O) groups excluding carboxylic acids is 1. The largest absolute Gasteiger partial charge is 0.506 e. The second-order valence-corrected chi connectivity index (χ2v) is 8.54. The third kappa shape index (κ3) is 4.49. The number of aromatic nitrogens is 3. The molecule has 1 aromatic carbocycles. The lowest BCUT2D eigenvalue weighted by atomic mass is 10.1. The molecule has 4 aromatic heterocycles. The van der Waals surface area contributed by atoms with Crippen LogP contribution in [0.3, 0.4) is 0 Å². The molecule has 0 saturated carbocycles. The Labute approximate surface area is 204 Å². The predicted molar refractivity (Wildman–Crippen MR) is 135 cm³/mol. The molecule has 0 bridgehead atoms. The van der Waals surface area contributed by atoms with Gasteiger partial charge in [-0.05, 0) is 42.6 Å². The Morgan fingerprint density at radius 1 is 1.03 bits per heavy atom. The molecular formula is C26H20N4O4S. The van der Waals surface area contributed by atoms with E-state index in [4.69, 9.17) is 9.47 Å². The van der Waals surface area contributed by atoms with Gasteiger partial charge < -0.3 is 19.9 Å². The maximum atomic E-state index is 12.9. The van der Waals surface area contributed by atoms with Crippen molar-refractivity contribution in [3.63, 3.8) is 0 Å². The van der Waals surface area contributed by atoms with E-state index >= 15 is 0 Å². The number of pyridine rings is 3. The van der Waals surface area contributed by atoms with Crippen molar-refractivity contribution in [3.05, 3.63) is 83.8 Å². The van der Waals surface area contributed by atoms with Gasteiger partial charge in [-0.15, -0.1) is 11.3 Å². The van der Waals surface area contributed by atoms with E-state index in [9.17, 15) is 9.90 Å². The van der Waals surface area contributed by atoms with Crippen molar-refractivity contribution in [2.75, 3.05) is 12.4 Å². The van der Waals surface area contributed by atoms with Crippen LogP contribution in [-0.2, 0) is 0 Å². The Morgan fingerprint density at radius 3 is 2.60 bits per heavy atom. The number of nitrogens with zero attached hydrogens (tertiary/aromatic N) is 3. The Bertz CT molecular complexity index is 1520. The summed E-state index contributed by atoms with van der Waals surface area (Å²) in [5.41, 5.74) is 3.12. The molecule has 0 saturated heterocycles. The van der Waals surface area contributed by atoms with Gasteiger partial charge in [0.15, 0.2) is 5.75 Å². The normalized spacial score (nSPS) is 10.8. The molecule has 0 fully saturated rings. The van der Waals surface area contributed by atoms with E-state index in [-0.39, 0.29) is 11.3 Å².